The van der Waals surface area contributed by atoms with Crippen LogP contribution in [0, 0.1) is 12.8 Å². The molecule has 0 saturated carbocycles. The van der Waals surface area contributed by atoms with Crippen LogP contribution in [0.2, 0.25) is 0 Å². The molecule has 0 aliphatic carbocycles. The van der Waals surface area contributed by atoms with Gasteiger partial charge in [-0.05, 0) is 56.1 Å². The molecular formula is C14H21BrN2. The molecule has 1 aliphatic heterocycles. The summed E-state index contributed by atoms with van der Waals surface area (Å²) >= 11 is 3.53. The van der Waals surface area contributed by atoms with Gasteiger partial charge in [0.25, 0.3) is 0 Å². The highest BCUT2D eigenvalue weighted by molar-refractivity contribution is 9.10. The normalized spacial score (nSPS) is 22.1. The molecule has 1 aromatic carbocycles. The van der Waals surface area contributed by atoms with E-state index >= 15 is 0 Å². The van der Waals surface area contributed by atoms with Crippen LogP contribution in [0.1, 0.15) is 18.9 Å². The van der Waals surface area contributed by atoms with Crippen LogP contribution < -0.4 is 10.2 Å². The van der Waals surface area contributed by atoms with Crippen LogP contribution in [-0.4, -0.2) is 26.2 Å². The molecule has 2 nitrogen and oxygen atoms in total. The lowest BCUT2D eigenvalue weighted by Crippen LogP contribution is -2.39. The Labute approximate surface area is 113 Å². The summed E-state index contributed by atoms with van der Waals surface area (Å²) in [6, 6.07) is 6.59. The summed E-state index contributed by atoms with van der Waals surface area (Å²) in [5.41, 5.74) is 2.75. The molecule has 17 heavy (non-hydrogen) atoms. The minimum absolute atomic E-state index is 0.707. The van der Waals surface area contributed by atoms with Gasteiger partial charge in [-0.1, -0.05) is 22.9 Å². The summed E-state index contributed by atoms with van der Waals surface area (Å²) in [6.45, 7) is 9.08. The molecule has 1 aliphatic rings. The molecule has 1 heterocycles. The van der Waals surface area contributed by atoms with Crippen molar-refractivity contribution in [2.75, 3.05) is 31.1 Å². The zero-order valence-corrected chi connectivity index (χ0v) is 12.3. The van der Waals surface area contributed by atoms with Gasteiger partial charge in [0.2, 0.25) is 0 Å². The van der Waals surface area contributed by atoms with Gasteiger partial charge in [0.05, 0.1) is 0 Å². The molecule has 1 N–H and O–H groups in total. The third-order valence-electron chi connectivity index (χ3n) is 3.31. The Morgan fingerprint density at radius 3 is 3.00 bits per heavy atom. The van der Waals surface area contributed by atoms with Gasteiger partial charge >= 0.3 is 0 Å². The summed E-state index contributed by atoms with van der Waals surface area (Å²) in [7, 11) is 0. The number of rotatable bonds is 1. The van der Waals surface area contributed by atoms with E-state index in [0.717, 1.165) is 26.2 Å². The van der Waals surface area contributed by atoms with Crippen molar-refractivity contribution < 1.29 is 0 Å². The van der Waals surface area contributed by atoms with Crippen LogP contribution in [-0.2, 0) is 0 Å². The third-order valence-corrected chi connectivity index (χ3v) is 3.80. The van der Waals surface area contributed by atoms with Gasteiger partial charge in [0, 0.05) is 23.2 Å². The third kappa shape index (κ3) is 3.46. The second-order valence-corrected chi connectivity index (χ2v) is 5.96. The zero-order chi connectivity index (χ0) is 12.3. The molecule has 1 unspecified atom stereocenters. The summed E-state index contributed by atoms with van der Waals surface area (Å²) in [5, 5.41) is 3.50. The average Bonchev–Trinajstić information content (AvgIpc) is 2.24. The topological polar surface area (TPSA) is 15.3 Å². The first-order valence-corrected chi connectivity index (χ1v) is 7.18. The number of aryl methyl sites for hydroxylation is 1. The van der Waals surface area contributed by atoms with Crippen molar-refractivity contribution in [1.29, 1.82) is 0 Å². The van der Waals surface area contributed by atoms with Crippen LogP contribution in [0.4, 0.5) is 5.69 Å². The molecule has 2 rings (SSSR count). The Morgan fingerprint density at radius 2 is 2.24 bits per heavy atom. The Balaban J connectivity index is 2.17. The van der Waals surface area contributed by atoms with Gasteiger partial charge in [-0.3, -0.25) is 0 Å². The maximum atomic E-state index is 3.53. The molecular weight excluding hydrogens is 276 g/mol. The summed E-state index contributed by atoms with van der Waals surface area (Å²) in [6.07, 6.45) is 1.22. The van der Waals surface area contributed by atoms with E-state index in [1.165, 1.54) is 22.1 Å². The number of anilines is 1. The lowest BCUT2D eigenvalue weighted by molar-refractivity contribution is 0.467. The molecule has 0 bridgehead atoms. The number of nitrogens with zero attached hydrogens (tertiary/aromatic N) is 1. The molecule has 1 fully saturated rings. The monoisotopic (exact) mass is 296 g/mol. The first kappa shape index (κ1) is 12.9. The highest BCUT2D eigenvalue weighted by Crippen LogP contribution is 2.25. The Hall–Kier alpha value is -0.540. The summed E-state index contributed by atoms with van der Waals surface area (Å²) in [4.78, 5) is 2.54. The fourth-order valence-corrected chi connectivity index (χ4v) is 2.94. The second-order valence-electron chi connectivity index (χ2n) is 5.04. The van der Waals surface area contributed by atoms with E-state index in [4.69, 9.17) is 0 Å². The van der Waals surface area contributed by atoms with Gasteiger partial charge in [-0.2, -0.15) is 0 Å². The van der Waals surface area contributed by atoms with Crippen molar-refractivity contribution in [3.8, 4) is 0 Å². The van der Waals surface area contributed by atoms with E-state index in [1.54, 1.807) is 0 Å². The molecule has 1 saturated heterocycles. The van der Waals surface area contributed by atoms with Crippen molar-refractivity contribution in [1.82, 2.24) is 5.32 Å². The highest BCUT2D eigenvalue weighted by Gasteiger charge is 2.15. The van der Waals surface area contributed by atoms with Crippen molar-refractivity contribution >= 4 is 21.6 Å². The summed E-state index contributed by atoms with van der Waals surface area (Å²) < 4.78 is 1.17. The lowest BCUT2D eigenvalue weighted by Gasteiger charge is -2.31. The van der Waals surface area contributed by atoms with Crippen molar-refractivity contribution in [2.24, 2.45) is 5.92 Å². The van der Waals surface area contributed by atoms with Crippen molar-refractivity contribution in [3.05, 3.63) is 28.2 Å². The van der Waals surface area contributed by atoms with E-state index in [2.05, 4.69) is 58.2 Å². The maximum absolute atomic E-state index is 3.53. The molecule has 0 radical (unpaired) electrons. The number of benzene rings is 1. The zero-order valence-electron chi connectivity index (χ0n) is 10.7. The van der Waals surface area contributed by atoms with E-state index in [9.17, 15) is 0 Å². The number of hydrogen-bond acceptors (Lipinski definition) is 2. The average molecular weight is 297 g/mol. The standard InChI is InChI=1S/C14H21BrN2/c1-11-9-16-6-3-7-17(10-11)14-5-4-13(15)8-12(14)2/h4-5,8,11,16H,3,6-7,9-10H2,1-2H3. The molecule has 0 aromatic heterocycles. The van der Waals surface area contributed by atoms with Crippen LogP contribution in [0.5, 0.6) is 0 Å². The van der Waals surface area contributed by atoms with E-state index < -0.39 is 0 Å². The Bertz CT molecular complexity index is 378. The molecule has 94 valence electrons. The minimum Gasteiger partial charge on any atom is -0.371 e. The Morgan fingerprint density at radius 1 is 1.41 bits per heavy atom. The van der Waals surface area contributed by atoms with Gasteiger partial charge in [-0.25, -0.2) is 0 Å². The second kappa shape index (κ2) is 5.87. The largest absolute Gasteiger partial charge is 0.371 e. The van der Waals surface area contributed by atoms with E-state index in [1.807, 2.05) is 0 Å². The molecule has 3 heteroatoms. The van der Waals surface area contributed by atoms with Gasteiger partial charge in [0.1, 0.15) is 0 Å². The predicted molar refractivity (Wildman–Crippen MR) is 77.7 cm³/mol. The molecule has 0 spiro atoms. The van der Waals surface area contributed by atoms with Gasteiger partial charge in [0.15, 0.2) is 0 Å². The molecule has 0 amide bonds. The quantitative estimate of drug-likeness (QED) is 0.856. The van der Waals surface area contributed by atoms with Crippen molar-refractivity contribution in [3.63, 3.8) is 0 Å². The van der Waals surface area contributed by atoms with Crippen LogP contribution in [0.25, 0.3) is 0 Å². The lowest BCUT2D eigenvalue weighted by atomic mass is 10.1. The first-order valence-electron chi connectivity index (χ1n) is 6.38. The SMILES string of the molecule is Cc1cc(Br)ccc1N1CCCNCC(C)C1. The van der Waals surface area contributed by atoms with Crippen LogP contribution >= 0.6 is 15.9 Å². The molecule has 1 aromatic rings. The van der Waals surface area contributed by atoms with E-state index in [0.29, 0.717) is 5.92 Å². The Kier molecular flexibility index (Phi) is 4.46. The van der Waals surface area contributed by atoms with Gasteiger partial charge in [-0.15, -0.1) is 0 Å². The number of halogens is 1. The fraction of sp³-hybridized carbons (Fsp3) is 0.571. The van der Waals surface area contributed by atoms with Crippen LogP contribution in [0.3, 0.4) is 0 Å². The predicted octanol–water partition coefficient (Wildman–Crippen LogP) is 3.19. The first-order chi connectivity index (χ1) is 8.16. The molecule has 1 atom stereocenters. The number of hydrogen-bond donors (Lipinski definition) is 1. The minimum atomic E-state index is 0.707. The highest BCUT2D eigenvalue weighted by atomic mass is 79.9. The number of nitrogens with one attached hydrogen (secondary N) is 1. The fourth-order valence-electron chi connectivity index (χ4n) is 2.47. The summed E-state index contributed by atoms with van der Waals surface area (Å²) in [5.74, 6) is 0.707. The maximum Gasteiger partial charge on any atom is 0.0396 e. The van der Waals surface area contributed by atoms with Crippen molar-refractivity contribution in [2.45, 2.75) is 20.3 Å². The van der Waals surface area contributed by atoms with Gasteiger partial charge < -0.3 is 10.2 Å². The van der Waals surface area contributed by atoms with Crippen LogP contribution in [0.15, 0.2) is 22.7 Å². The van der Waals surface area contributed by atoms with E-state index in [-0.39, 0.29) is 0 Å². The smallest absolute Gasteiger partial charge is 0.0396 e.